The van der Waals surface area contributed by atoms with E-state index in [1.54, 1.807) is 0 Å². The summed E-state index contributed by atoms with van der Waals surface area (Å²) in [5.74, 6) is -1.71. The van der Waals surface area contributed by atoms with Crippen molar-refractivity contribution in [3.05, 3.63) is 46.0 Å². The molecule has 176 valence electrons. The predicted octanol–water partition coefficient (Wildman–Crippen LogP) is 1.73. The molecule has 1 aromatic carbocycles. The van der Waals surface area contributed by atoms with Crippen LogP contribution in [0.1, 0.15) is 40.0 Å². The largest absolute Gasteiger partial charge is 0.478 e. The van der Waals surface area contributed by atoms with Crippen LogP contribution in [0.25, 0.3) is 0 Å². The van der Waals surface area contributed by atoms with Crippen LogP contribution >= 0.6 is 0 Å². The molecule has 0 unspecified atom stereocenters. The molecule has 0 saturated heterocycles. The van der Waals surface area contributed by atoms with Crippen LogP contribution in [0.3, 0.4) is 0 Å². The Morgan fingerprint density at radius 3 is 2.44 bits per heavy atom. The minimum absolute atomic E-state index is 0.0854. The number of benzene rings is 1. The molecule has 12 heteroatoms. The van der Waals surface area contributed by atoms with Crippen LogP contribution in [0.5, 0.6) is 0 Å². The zero-order valence-electron chi connectivity index (χ0n) is 18.0. The predicted molar refractivity (Wildman–Crippen MR) is 114 cm³/mol. The monoisotopic (exact) mass is 469 g/mol. The first kappa shape index (κ1) is 25.4. The van der Waals surface area contributed by atoms with Gasteiger partial charge in [-0.15, -0.1) is 0 Å². The molecule has 1 aliphatic carbocycles. The van der Waals surface area contributed by atoms with E-state index in [0.29, 0.717) is 12.8 Å². The van der Waals surface area contributed by atoms with E-state index in [-0.39, 0.29) is 18.1 Å². The zero-order chi connectivity index (χ0) is 24.1. The molecule has 0 aromatic heterocycles. The average Bonchev–Trinajstić information content (AvgIpc) is 2.73. The number of rotatable bonds is 10. The van der Waals surface area contributed by atoms with Crippen molar-refractivity contribution in [2.24, 2.45) is 0 Å². The van der Waals surface area contributed by atoms with Crippen molar-refractivity contribution in [2.75, 3.05) is 0 Å². The number of hydrogen-bond acceptors (Lipinski definition) is 7. The highest BCUT2D eigenvalue weighted by Gasteiger charge is 2.40. The molecule has 0 fully saturated rings. The van der Waals surface area contributed by atoms with Gasteiger partial charge in [-0.05, 0) is 31.4 Å². The Morgan fingerprint density at radius 2 is 1.91 bits per heavy atom. The number of carbonyl (C=O) groups is 2. The van der Waals surface area contributed by atoms with E-state index in [4.69, 9.17) is 4.74 Å². The van der Waals surface area contributed by atoms with Crippen LogP contribution in [-0.4, -0.2) is 54.6 Å². The third-order valence-corrected chi connectivity index (χ3v) is 6.69. The Bertz CT molecular complexity index is 1000. The SMILES string of the molecule is CCC(CC)O[C@@H]1C=C(C(=O)O)C[C@H](NS(=O)(=O)c2ccccc2[N+](=O)[O-])[C@H]1NC(C)=O. The van der Waals surface area contributed by atoms with E-state index < -0.39 is 55.6 Å². The van der Waals surface area contributed by atoms with Gasteiger partial charge in [0.1, 0.15) is 0 Å². The molecule has 1 aliphatic rings. The van der Waals surface area contributed by atoms with Gasteiger partial charge in [-0.2, -0.15) is 0 Å². The van der Waals surface area contributed by atoms with E-state index in [0.717, 1.165) is 12.1 Å². The molecule has 3 atom stereocenters. The highest BCUT2D eigenvalue weighted by atomic mass is 32.2. The lowest BCUT2D eigenvalue weighted by Crippen LogP contribution is -2.59. The number of nitrogens with zero attached hydrogens (tertiary/aromatic N) is 1. The van der Waals surface area contributed by atoms with E-state index in [1.165, 1.54) is 25.1 Å². The second kappa shape index (κ2) is 10.7. The lowest BCUT2D eigenvalue weighted by molar-refractivity contribution is -0.387. The van der Waals surface area contributed by atoms with Gasteiger partial charge in [0.15, 0.2) is 4.90 Å². The summed E-state index contributed by atoms with van der Waals surface area (Å²) >= 11 is 0. The maximum absolute atomic E-state index is 13.0. The van der Waals surface area contributed by atoms with Gasteiger partial charge in [0.2, 0.25) is 15.9 Å². The Balaban J connectivity index is 2.49. The fourth-order valence-electron chi connectivity index (χ4n) is 3.58. The molecule has 0 bridgehead atoms. The summed E-state index contributed by atoms with van der Waals surface area (Å²) < 4.78 is 34.4. The Kier molecular flexibility index (Phi) is 8.47. The van der Waals surface area contributed by atoms with Gasteiger partial charge in [0.05, 0.1) is 23.2 Å². The number of nitro groups is 1. The first-order valence-electron chi connectivity index (χ1n) is 10.1. The quantitative estimate of drug-likeness (QED) is 0.344. The fourth-order valence-corrected chi connectivity index (χ4v) is 5.01. The minimum Gasteiger partial charge on any atom is -0.478 e. The van der Waals surface area contributed by atoms with Crippen molar-refractivity contribution in [1.29, 1.82) is 0 Å². The molecule has 32 heavy (non-hydrogen) atoms. The van der Waals surface area contributed by atoms with Crippen molar-refractivity contribution in [1.82, 2.24) is 10.0 Å². The topological polar surface area (TPSA) is 165 Å². The summed E-state index contributed by atoms with van der Waals surface area (Å²) in [7, 11) is -4.44. The van der Waals surface area contributed by atoms with Crippen molar-refractivity contribution in [2.45, 2.75) is 69.2 Å². The van der Waals surface area contributed by atoms with Crippen molar-refractivity contribution < 1.29 is 32.8 Å². The molecule has 0 spiro atoms. The van der Waals surface area contributed by atoms with Gasteiger partial charge >= 0.3 is 5.97 Å². The van der Waals surface area contributed by atoms with Gasteiger partial charge in [0, 0.05) is 24.6 Å². The number of carboxylic acids is 1. The van der Waals surface area contributed by atoms with Crippen LogP contribution in [0, 0.1) is 10.1 Å². The summed E-state index contributed by atoms with van der Waals surface area (Å²) in [6, 6.07) is 2.79. The highest BCUT2D eigenvalue weighted by Crippen LogP contribution is 2.28. The molecule has 0 saturated carbocycles. The molecule has 0 aliphatic heterocycles. The number of carbonyl (C=O) groups excluding carboxylic acids is 1. The number of nitro benzene ring substituents is 1. The lowest BCUT2D eigenvalue weighted by atomic mass is 9.88. The van der Waals surface area contributed by atoms with Crippen molar-refractivity contribution in [3.63, 3.8) is 0 Å². The van der Waals surface area contributed by atoms with Crippen LogP contribution in [-0.2, 0) is 24.3 Å². The van der Waals surface area contributed by atoms with Gasteiger partial charge in [0.25, 0.3) is 5.69 Å². The average molecular weight is 470 g/mol. The molecule has 0 heterocycles. The van der Waals surface area contributed by atoms with Crippen LogP contribution in [0.2, 0.25) is 0 Å². The number of ether oxygens (including phenoxy) is 1. The number of carboxylic acid groups (broad SMARTS) is 1. The Labute approximate surface area is 186 Å². The van der Waals surface area contributed by atoms with Gasteiger partial charge in [-0.1, -0.05) is 26.0 Å². The van der Waals surface area contributed by atoms with Crippen molar-refractivity contribution >= 4 is 27.6 Å². The zero-order valence-corrected chi connectivity index (χ0v) is 18.8. The second-order valence-electron chi connectivity index (χ2n) is 7.42. The number of hydrogen-bond donors (Lipinski definition) is 3. The Morgan fingerprint density at radius 1 is 1.28 bits per heavy atom. The summed E-state index contributed by atoms with van der Waals surface area (Å²) in [5, 5.41) is 23.5. The molecular formula is C20H27N3O8S. The fraction of sp³-hybridized carbons (Fsp3) is 0.500. The van der Waals surface area contributed by atoms with E-state index >= 15 is 0 Å². The van der Waals surface area contributed by atoms with Crippen LogP contribution in [0.4, 0.5) is 5.69 Å². The number of sulfonamides is 1. The normalized spacial score (nSPS) is 21.1. The molecule has 3 N–H and O–H groups in total. The minimum atomic E-state index is -4.44. The summed E-state index contributed by atoms with van der Waals surface area (Å²) in [5.41, 5.74) is -0.705. The lowest BCUT2D eigenvalue weighted by Gasteiger charge is -2.38. The number of amides is 1. The van der Waals surface area contributed by atoms with E-state index in [1.807, 2.05) is 13.8 Å². The molecule has 1 amide bonds. The summed E-state index contributed by atoms with van der Waals surface area (Å²) in [6.45, 7) is 5.03. The number of para-hydroxylation sites is 1. The molecule has 2 rings (SSSR count). The maximum Gasteiger partial charge on any atom is 0.331 e. The molecule has 11 nitrogen and oxygen atoms in total. The van der Waals surface area contributed by atoms with Gasteiger partial charge in [-0.3, -0.25) is 14.9 Å². The Hall–Kier alpha value is -2.83. The maximum atomic E-state index is 13.0. The second-order valence-corrected chi connectivity index (χ2v) is 9.10. The van der Waals surface area contributed by atoms with E-state index in [2.05, 4.69) is 10.0 Å². The summed E-state index contributed by atoms with van der Waals surface area (Å²) in [6.07, 6.45) is 1.22. The van der Waals surface area contributed by atoms with Crippen molar-refractivity contribution in [3.8, 4) is 0 Å². The summed E-state index contributed by atoms with van der Waals surface area (Å²) in [4.78, 5) is 33.5. The molecule has 1 aromatic rings. The third kappa shape index (κ3) is 6.11. The smallest absolute Gasteiger partial charge is 0.331 e. The number of aliphatic carboxylic acids is 1. The number of nitrogens with one attached hydrogen (secondary N) is 2. The molecular weight excluding hydrogens is 442 g/mol. The standard InChI is InChI=1S/C20H27N3O8S/c1-4-14(5-2)31-17-11-13(20(25)26)10-15(19(17)21-12(3)24)22-32(29,30)18-9-7-6-8-16(18)23(27)28/h6-9,11,14-15,17,19,22H,4-5,10H2,1-3H3,(H,21,24)(H,25,26)/t15-,17+,19+/m0/s1. The van der Waals surface area contributed by atoms with Crippen LogP contribution < -0.4 is 10.0 Å². The van der Waals surface area contributed by atoms with Crippen LogP contribution in [0.15, 0.2) is 40.8 Å². The first-order valence-corrected chi connectivity index (χ1v) is 11.6. The highest BCUT2D eigenvalue weighted by molar-refractivity contribution is 7.89. The van der Waals surface area contributed by atoms with Gasteiger partial charge < -0.3 is 15.2 Å². The molecule has 0 radical (unpaired) electrons. The third-order valence-electron chi connectivity index (χ3n) is 5.16. The first-order chi connectivity index (χ1) is 15.0. The van der Waals surface area contributed by atoms with Gasteiger partial charge in [-0.25, -0.2) is 17.9 Å². The van der Waals surface area contributed by atoms with E-state index in [9.17, 15) is 33.2 Å².